The van der Waals surface area contributed by atoms with Crippen molar-refractivity contribution in [2.45, 2.75) is 32.0 Å². The van der Waals surface area contributed by atoms with Crippen molar-refractivity contribution in [1.82, 2.24) is 24.8 Å². The average Bonchev–Trinajstić information content (AvgIpc) is 3.12. The van der Waals surface area contributed by atoms with Crippen LogP contribution >= 0.6 is 0 Å². The predicted octanol–water partition coefficient (Wildman–Crippen LogP) is 2.77. The van der Waals surface area contributed by atoms with Gasteiger partial charge in [-0.1, -0.05) is 12.1 Å². The summed E-state index contributed by atoms with van der Waals surface area (Å²) in [5, 5.41) is 7.40. The van der Waals surface area contributed by atoms with E-state index in [-0.39, 0.29) is 12.5 Å². The first-order valence-corrected chi connectivity index (χ1v) is 9.58. The summed E-state index contributed by atoms with van der Waals surface area (Å²) in [5.41, 5.74) is 1.90. The Morgan fingerprint density at radius 2 is 2.04 bits per heavy atom. The van der Waals surface area contributed by atoms with Crippen molar-refractivity contribution in [3.05, 3.63) is 65.7 Å². The minimum Gasteiger partial charge on any atom is -0.338 e. The monoisotopic (exact) mass is 381 g/mol. The third kappa shape index (κ3) is 3.89. The fourth-order valence-electron chi connectivity index (χ4n) is 3.67. The lowest BCUT2D eigenvalue weighted by Gasteiger charge is -2.36. The Hall–Kier alpha value is -2.80. The van der Waals surface area contributed by atoms with Crippen molar-refractivity contribution >= 4 is 11.4 Å². The molecule has 0 unspecified atom stereocenters. The summed E-state index contributed by atoms with van der Waals surface area (Å²) in [6, 6.07) is 11.4. The predicted molar refractivity (Wildman–Crippen MR) is 105 cm³/mol. The van der Waals surface area contributed by atoms with Crippen molar-refractivity contribution in [2.24, 2.45) is 0 Å². The molecule has 3 aromatic heterocycles. The molecule has 7 heteroatoms. The number of nitrogens with zero attached hydrogens (tertiary/aromatic N) is 4. The molecule has 0 saturated carbocycles. The number of rotatable bonds is 5. The fraction of sp³-hybridized carbons (Fsp3) is 0.381. The fourth-order valence-corrected chi connectivity index (χ4v) is 3.67. The number of amides is 1. The van der Waals surface area contributed by atoms with Crippen molar-refractivity contribution in [1.29, 1.82) is 0 Å². The number of fused-ring (bicyclic) bond motifs is 1. The van der Waals surface area contributed by atoms with Crippen LogP contribution in [0.25, 0.3) is 5.52 Å². The van der Waals surface area contributed by atoms with Crippen molar-refractivity contribution in [3.63, 3.8) is 0 Å². The van der Waals surface area contributed by atoms with E-state index in [1.54, 1.807) is 15.6 Å². The van der Waals surface area contributed by atoms with Crippen molar-refractivity contribution < 1.29 is 9.18 Å². The summed E-state index contributed by atoms with van der Waals surface area (Å²) in [6.45, 7) is 3.56. The first-order chi connectivity index (χ1) is 13.5. The average molecular weight is 381 g/mol. The van der Waals surface area contributed by atoms with E-state index in [1.807, 2.05) is 49.5 Å². The van der Waals surface area contributed by atoms with Crippen molar-refractivity contribution in [2.75, 3.05) is 19.6 Å². The number of hydrogen-bond acceptors (Lipinski definition) is 4. The molecule has 6 nitrogen and oxygen atoms in total. The van der Waals surface area contributed by atoms with E-state index >= 15 is 4.39 Å². The van der Waals surface area contributed by atoms with E-state index in [0.29, 0.717) is 38.0 Å². The lowest BCUT2D eigenvalue weighted by atomic mass is 9.93. The number of alkyl halides is 1. The zero-order valence-electron chi connectivity index (χ0n) is 15.9. The second-order valence-corrected chi connectivity index (χ2v) is 7.41. The van der Waals surface area contributed by atoms with E-state index < -0.39 is 5.67 Å². The standard InChI is InChI=1S/C21H24FN5O/c1-16-5-4-6-17(25-16)13-23-15-21(22)8-11-26(12-9-21)20(28)18-14-24-27-10-3-2-7-19(18)27/h2-7,10,14,23H,8-9,11-13,15H2,1H3. The molecular formula is C21H24FN5O. The Labute approximate surface area is 163 Å². The molecule has 1 amide bonds. The van der Waals surface area contributed by atoms with Crippen LogP contribution in [0.5, 0.6) is 0 Å². The second kappa shape index (κ2) is 7.67. The summed E-state index contributed by atoms with van der Waals surface area (Å²) < 4.78 is 16.8. The van der Waals surface area contributed by atoms with Gasteiger partial charge in [0.15, 0.2) is 0 Å². The lowest BCUT2D eigenvalue weighted by molar-refractivity contribution is 0.0435. The Morgan fingerprint density at radius 3 is 2.82 bits per heavy atom. The molecule has 1 aliphatic rings. The van der Waals surface area contributed by atoms with Crippen LogP contribution in [0, 0.1) is 6.92 Å². The van der Waals surface area contributed by atoms with E-state index in [2.05, 4.69) is 15.4 Å². The van der Waals surface area contributed by atoms with Gasteiger partial charge >= 0.3 is 0 Å². The number of halogens is 1. The van der Waals surface area contributed by atoms with Crippen molar-refractivity contribution in [3.8, 4) is 0 Å². The SMILES string of the molecule is Cc1cccc(CNCC2(F)CCN(C(=O)c3cnn4ccccc34)CC2)n1. The van der Waals surface area contributed by atoms with Crippen LogP contribution in [0.3, 0.4) is 0 Å². The third-order valence-electron chi connectivity index (χ3n) is 5.30. The first kappa shape index (κ1) is 18.6. The number of carbonyl (C=O) groups excluding carboxylic acids is 1. The molecule has 28 heavy (non-hydrogen) atoms. The highest BCUT2D eigenvalue weighted by atomic mass is 19.1. The summed E-state index contributed by atoms with van der Waals surface area (Å²) >= 11 is 0. The van der Waals surface area contributed by atoms with Crippen LogP contribution in [0.15, 0.2) is 48.8 Å². The maximum atomic E-state index is 15.1. The largest absolute Gasteiger partial charge is 0.338 e. The van der Waals surface area contributed by atoms with Gasteiger partial charge < -0.3 is 10.2 Å². The van der Waals surface area contributed by atoms with Gasteiger partial charge in [-0.15, -0.1) is 0 Å². The number of carbonyl (C=O) groups is 1. The quantitative estimate of drug-likeness (QED) is 0.738. The highest BCUT2D eigenvalue weighted by Crippen LogP contribution is 2.27. The summed E-state index contributed by atoms with van der Waals surface area (Å²) in [6.07, 6.45) is 4.05. The molecule has 146 valence electrons. The Morgan fingerprint density at radius 1 is 1.21 bits per heavy atom. The Kier molecular flexibility index (Phi) is 5.09. The van der Waals surface area contributed by atoms with Gasteiger partial charge in [0.1, 0.15) is 5.67 Å². The first-order valence-electron chi connectivity index (χ1n) is 9.58. The lowest BCUT2D eigenvalue weighted by Crippen LogP contribution is -2.48. The molecule has 4 rings (SSSR count). The molecule has 1 fully saturated rings. The molecule has 4 heterocycles. The van der Waals surface area contributed by atoms with Crippen LogP contribution in [0.4, 0.5) is 4.39 Å². The number of nitrogens with one attached hydrogen (secondary N) is 1. The molecule has 1 N–H and O–H groups in total. The maximum absolute atomic E-state index is 15.1. The zero-order chi connectivity index (χ0) is 19.6. The summed E-state index contributed by atoms with van der Waals surface area (Å²) in [5.74, 6) is -0.0832. The van der Waals surface area contributed by atoms with E-state index in [1.165, 1.54) is 0 Å². The maximum Gasteiger partial charge on any atom is 0.257 e. The van der Waals surface area contributed by atoms with Gasteiger partial charge in [0, 0.05) is 50.9 Å². The minimum atomic E-state index is -1.30. The number of piperidine rings is 1. The van der Waals surface area contributed by atoms with Crippen LogP contribution in [-0.4, -0.2) is 50.7 Å². The smallest absolute Gasteiger partial charge is 0.257 e. The molecular weight excluding hydrogens is 357 g/mol. The van der Waals surface area contributed by atoms with E-state index in [0.717, 1.165) is 16.9 Å². The number of likely N-dealkylation sites (tertiary alicyclic amines) is 1. The van der Waals surface area contributed by atoms with E-state index in [4.69, 9.17) is 0 Å². The van der Waals surface area contributed by atoms with Crippen LogP contribution in [-0.2, 0) is 6.54 Å². The summed E-state index contributed by atoms with van der Waals surface area (Å²) in [7, 11) is 0. The molecule has 0 bridgehead atoms. The molecule has 0 aromatic carbocycles. The highest BCUT2D eigenvalue weighted by molar-refractivity contribution is 6.00. The Bertz CT molecular complexity index is 978. The highest BCUT2D eigenvalue weighted by Gasteiger charge is 2.36. The van der Waals surface area contributed by atoms with Gasteiger partial charge in [0.2, 0.25) is 0 Å². The van der Waals surface area contributed by atoms with Gasteiger partial charge in [-0.3, -0.25) is 9.78 Å². The van der Waals surface area contributed by atoms with Gasteiger partial charge in [0.05, 0.1) is 23.0 Å². The molecule has 1 aliphatic heterocycles. The molecule has 0 aliphatic carbocycles. The topological polar surface area (TPSA) is 62.5 Å². The minimum absolute atomic E-state index is 0.0832. The van der Waals surface area contributed by atoms with Gasteiger partial charge in [-0.25, -0.2) is 8.91 Å². The number of aromatic nitrogens is 3. The molecule has 1 saturated heterocycles. The Balaban J connectivity index is 1.32. The van der Waals surface area contributed by atoms with Crippen LogP contribution in [0.1, 0.15) is 34.6 Å². The summed E-state index contributed by atoms with van der Waals surface area (Å²) in [4.78, 5) is 19.0. The molecule has 3 aromatic rings. The number of hydrogen-bond donors (Lipinski definition) is 1. The normalized spacial score (nSPS) is 16.4. The zero-order valence-corrected chi connectivity index (χ0v) is 15.9. The third-order valence-corrected chi connectivity index (χ3v) is 5.30. The van der Waals surface area contributed by atoms with Crippen LogP contribution < -0.4 is 5.32 Å². The van der Waals surface area contributed by atoms with E-state index in [9.17, 15) is 4.79 Å². The van der Waals surface area contributed by atoms with Gasteiger partial charge in [-0.2, -0.15) is 5.10 Å². The molecule has 0 radical (unpaired) electrons. The number of aryl methyl sites for hydroxylation is 1. The number of pyridine rings is 2. The second-order valence-electron chi connectivity index (χ2n) is 7.41. The van der Waals surface area contributed by atoms with Crippen LogP contribution in [0.2, 0.25) is 0 Å². The van der Waals surface area contributed by atoms with Gasteiger partial charge in [-0.05, 0) is 31.2 Å². The molecule has 0 atom stereocenters. The molecule has 0 spiro atoms. The van der Waals surface area contributed by atoms with Gasteiger partial charge in [0.25, 0.3) is 5.91 Å².